The van der Waals surface area contributed by atoms with Gasteiger partial charge in [0.25, 0.3) is 5.91 Å². The Bertz CT molecular complexity index is 519. The summed E-state index contributed by atoms with van der Waals surface area (Å²) < 4.78 is 4.11. The van der Waals surface area contributed by atoms with Crippen molar-refractivity contribution >= 4 is 22.4 Å². The molecule has 1 amide bonds. The fraction of sp³-hybridized carbons (Fsp3) is 0.167. The molecule has 0 saturated carbocycles. The van der Waals surface area contributed by atoms with Crippen molar-refractivity contribution in [3.05, 3.63) is 47.2 Å². The summed E-state index contributed by atoms with van der Waals surface area (Å²) in [5.74, 6) is -0.0817. The average Bonchev–Trinajstić information content (AvgIpc) is 2.64. The summed E-state index contributed by atoms with van der Waals surface area (Å²) in [6.45, 7) is 3.83. The molecule has 2 aromatic rings. The second-order valence-corrected chi connectivity index (χ2v) is 4.41. The Kier molecular flexibility index (Phi) is 3.01. The molecule has 0 fully saturated rings. The number of carbonyl (C=O) groups excluding carboxylic acids is 1. The molecule has 1 aromatic heterocycles. The molecule has 4 heteroatoms. The highest BCUT2D eigenvalue weighted by molar-refractivity contribution is 7.10. The number of carbonyl (C=O) groups is 1. The van der Waals surface area contributed by atoms with Gasteiger partial charge in [-0.3, -0.25) is 4.79 Å². The zero-order valence-electron chi connectivity index (χ0n) is 9.15. The Morgan fingerprint density at radius 1 is 1.31 bits per heavy atom. The molecule has 82 valence electrons. The normalized spacial score (nSPS) is 10.1. The van der Waals surface area contributed by atoms with Crippen molar-refractivity contribution in [2.75, 3.05) is 5.32 Å². The maximum Gasteiger partial charge on any atom is 0.256 e. The van der Waals surface area contributed by atoms with Crippen LogP contribution in [-0.4, -0.2) is 10.3 Å². The molecule has 0 saturated heterocycles. The molecule has 0 aliphatic rings. The molecular formula is C12H12N2OS. The Morgan fingerprint density at radius 2 is 2.06 bits per heavy atom. The highest BCUT2D eigenvalue weighted by Gasteiger charge is 2.09. The van der Waals surface area contributed by atoms with Gasteiger partial charge in [0, 0.05) is 5.56 Å². The smallest absolute Gasteiger partial charge is 0.256 e. The number of rotatable bonds is 2. The molecule has 0 aliphatic heterocycles. The van der Waals surface area contributed by atoms with Gasteiger partial charge in [0.2, 0.25) is 0 Å². The van der Waals surface area contributed by atoms with Gasteiger partial charge in [-0.15, -0.1) is 0 Å². The van der Waals surface area contributed by atoms with Gasteiger partial charge in [0.1, 0.15) is 5.00 Å². The quantitative estimate of drug-likeness (QED) is 0.864. The molecule has 1 N–H and O–H groups in total. The van der Waals surface area contributed by atoms with E-state index in [9.17, 15) is 4.79 Å². The maximum atomic E-state index is 11.9. The van der Waals surface area contributed by atoms with Crippen molar-refractivity contribution in [1.29, 1.82) is 0 Å². The average molecular weight is 232 g/mol. The largest absolute Gasteiger partial charge is 0.312 e. The van der Waals surface area contributed by atoms with E-state index in [1.807, 2.05) is 44.2 Å². The lowest BCUT2D eigenvalue weighted by Crippen LogP contribution is -2.12. The zero-order valence-corrected chi connectivity index (χ0v) is 9.97. The van der Waals surface area contributed by atoms with Crippen LogP contribution in [0.3, 0.4) is 0 Å². The molecule has 16 heavy (non-hydrogen) atoms. The summed E-state index contributed by atoms with van der Waals surface area (Å²) >= 11 is 1.30. The molecule has 0 atom stereocenters. The summed E-state index contributed by atoms with van der Waals surface area (Å²) in [4.78, 5) is 11.9. The third kappa shape index (κ3) is 2.28. The van der Waals surface area contributed by atoms with E-state index < -0.39 is 0 Å². The van der Waals surface area contributed by atoms with Crippen LogP contribution in [0.4, 0.5) is 5.00 Å². The zero-order chi connectivity index (χ0) is 11.5. The molecule has 1 aromatic carbocycles. The minimum absolute atomic E-state index is 0.0817. The van der Waals surface area contributed by atoms with E-state index in [0.717, 1.165) is 16.3 Å². The molecular weight excluding hydrogens is 220 g/mol. The number of nitrogens with one attached hydrogen (secondary N) is 1. The van der Waals surface area contributed by atoms with E-state index in [4.69, 9.17) is 0 Å². The maximum absolute atomic E-state index is 11.9. The van der Waals surface area contributed by atoms with E-state index in [1.54, 1.807) is 0 Å². The Labute approximate surface area is 98.3 Å². The highest BCUT2D eigenvalue weighted by Crippen LogP contribution is 2.17. The van der Waals surface area contributed by atoms with Gasteiger partial charge in [-0.2, -0.15) is 4.37 Å². The number of aryl methyl sites for hydroxylation is 2. The van der Waals surface area contributed by atoms with Crippen LogP contribution in [0.5, 0.6) is 0 Å². The molecule has 3 nitrogen and oxygen atoms in total. The second-order valence-electron chi connectivity index (χ2n) is 3.60. The predicted molar refractivity (Wildman–Crippen MR) is 66.0 cm³/mol. The topological polar surface area (TPSA) is 42.0 Å². The third-order valence-electron chi connectivity index (χ3n) is 2.25. The van der Waals surface area contributed by atoms with Crippen LogP contribution in [-0.2, 0) is 0 Å². The molecule has 0 unspecified atom stereocenters. The lowest BCUT2D eigenvalue weighted by Gasteiger charge is -2.04. The van der Waals surface area contributed by atoms with E-state index >= 15 is 0 Å². The fourth-order valence-corrected chi connectivity index (χ4v) is 2.09. The first-order chi connectivity index (χ1) is 7.66. The van der Waals surface area contributed by atoms with Crippen LogP contribution in [0.25, 0.3) is 0 Å². The van der Waals surface area contributed by atoms with Crippen molar-refractivity contribution < 1.29 is 4.79 Å². The number of aromatic nitrogens is 1. The molecule has 0 spiro atoms. The van der Waals surface area contributed by atoms with Gasteiger partial charge >= 0.3 is 0 Å². The molecule has 0 radical (unpaired) electrons. The summed E-state index contributed by atoms with van der Waals surface area (Å²) in [6, 6.07) is 9.38. The molecule has 0 aliphatic carbocycles. The lowest BCUT2D eigenvalue weighted by atomic mass is 10.1. The van der Waals surface area contributed by atoms with Gasteiger partial charge in [-0.25, -0.2) is 0 Å². The molecule has 2 rings (SSSR count). The van der Waals surface area contributed by atoms with Crippen molar-refractivity contribution in [2.24, 2.45) is 0 Å². The number of nitrogens with zero attached hydrogens (tertiary/aromatic N) is 1. The minimum atomic E-state index is -0.0817. The third-order valence-corrected chi connectivity index (χ3v) is 3.05. The van der Waals surface area contributed by atoms with Crippen LogP contribution < -0.4 is 5.32 Å². The number of amides is 1. The number of benzene rings is 1. The molecule has 0 bridgehead atoms. The van der Waals surface area contributed by atoms with E-state index in [-0.39, 0.29) is 5.91 Å². The van der Waals surface area contributed by atoms with Crippen LogP contribution in [0.15, 0.2) is 30.3 Å². The Hall–Kier alpha value is -1.68. The van der Waals surface area contributed by atoms with Gasteiger partial charge in [-0.05, 0) is 43.1 Å². The van der Waals surface area contributed by atoms with Crippen LogP contribution in [0.1, 0.15) is 21.6 Å². The SMILES string of the molecule is Cc1cc(NC(=O)c2ccccc2C)sn1. The van der Waals surface area contributed by atoms with Crippen molar-refractivity contribution in [3.63, 3.8) is 0 Å². The van der Waals surface area contributed by atoms with E-state index in [0.29, 0.717) is 5.56 Å². The van der Waals surface area contributed by atoms with Gasteiger partial charge < -0.3 is 5.32 Å². The number of hydrogen-bond acceptors (Lipinski definition) is 3. The standard InChI is InChI=1S/C12H12N2OS/c1-8-5-3-4-6-10(8)12(15)13-11-7-9(2)14-16-11/h3-7H,1-2H3,(H,13,15). The van der Waals surface area contributed by atoms with Gasteiger partial charge in [-0.1, -0.05) is 18.2 Å². The van der Waals surface area contributed by atoms with Crippen LogP contribution >= 0.6 is 11.5 Å². The Morgan fingerprint density at radius 3 is 2.69 bits per heavy atom. The number of anilines is 1. The summed E-state index contributed by atoms with van der Waals surface area (Å²) in [5.41, 5.74) is 2.60. The van der Waals surface area contributed by atoms with Gasteiger partial charge in [0.15, 0.2) is 0 Å². The van der Waals surface area contributed by atoms with Crippen molar-refractivity contribution in [1.82, 2.24) is 4.37 Å². The minimum Gasteiger partial charge on any atom is -0.312 e. The monoisotopic (exact) mass is 232 g/mol. The van der Waals surface area contributed by atoms with Crippen LogP contribution in [0, 0.1) is 13.8 Å². The van der Waals surface area contributed by atoms with Crippen LogP contribution in [0.2, 0.25) is 0 Å². The number of hydrogen-bond donors (Lipinski definition) is 1. The van der Waals surface area contributed by atoms with Crippen molar-refractivity contribution in [2.45, 2.75) is 13.8 Å². The predicted octanol–water partition coefficient (Wildman–Crippen LogP) is 3.01. The Balaban J connectivity index is 2.18. The second kappa shape index (κ2) is 4.45. The highest BCUT2D eigenvalue weighted by atomic mass is 32.1. The fourth-order valence-electron chi connectivity index (χ4n) is 1.43. The van der Waals surface area contributed by atoms with E-state index in [1.165, 1.54) is 11.5 Å². The first-order valence-electron chi connectivity index (χ1n) is 4.97. The first-order valence-corrected chi connectivity index (χ1v) is 5.74. The molecule has 1 heterocycles. The van der Waals surface area contributed by atoms with Crippen molar-refractivity contribution in [3.8, 4) is 0 Å². The lowest BCUT2D eigenvalue weighted by molar-refractivity contribution is 0.102. The summed E-state index contributed by atoms with van der Waals surface area (Å²) in [7, 11) is 0. The summed E-state index contributed by atoms with van der Waals surface area (Å²) in [6.07, 6.45) is 0. The first kappa shape index (κ1) is 10.8. The van der Waals surface area contributed by atoms with Gasteiger partial charge in [0.05, 0.1) is 5.69 Å². The summed E-state index contributed by atoms with van der Waals surface area (Å²) in [5, 5.41) is 3.62. The van der Waals surface area contributed by atoms with E-state index in [2.05, 4.69) is 9.69 Å².